The minimum Gasteiger partial charge on any atom is -0.334 e. The van der Waals surface area contributed by atoms with Gasteiger partial charge in [-0.1, -0.05) is 26.8 Å². The molecule has 3 saturated heterocycles. The van der Waals surface area contributed by atoms with Crippen LogP contribution >= 0.6 is 0 Å². The number of pyridine rings is 1. The smallest absolute Gasteiger partial charge is 0.256 e. The number of aromatic nitrogens is 1. The van der Waals surface area contributed by atoms with Crippen molar-refractivity contribution < 1.29 is 19.2 Å². The van der Waals surface area contributed by atoms with Crippen LogP contribution in [0.2, 0.25) is 0 Å². The van der Waals surface area contributed by atoms with Crippen molar-refractivity contribution in [2.75, 3.05) is 26.7 Å². The lowest BCUT2D eigenvalue weighted by atomic mass is 9.89. The monoisotopic (exact) mass is 509 g/mol. The van der Waals surface area contributed by atoms with Gasteiger partial charge in [-0.15, -0.1) is 0 Å². The average Bonchev–Trinajstić information content (AvgIpc) is 3.67. The molecule has 5 aliphatic rings. The molecule has 37 heavy (non-hydrogen) atoms. The first-order valence-electron chi connectivity index (χ1n) is 14.0. The standard InChI is InChI=1S/C28H39N5O4/c1-16(2)12-22-27(35)31(18-7-10-30(4)11-8-18)15-24-32(22)28(36)23-13-17(3)19-6-5-9-29-25(19)20-14-21(20)26(34)33(24)37-23/h5-6,9,16-18,20-24H,7-8,10-15H2,1-4H3/t17?,20-,21-,22+,23-,24?/m1/s1. The zero-order valence-electron chi connectivity index (χ0n) is 22.4. The van der Waals surface area contributed by atoms with Gasteiger partial charge in [-0.25, -0.2) is 0 Å². The van der Waals surface area contributed by atoms with Crippen molar-refractivity contribution in [2.45, 2.75) is 89.1 Å². The number of piperazine rings is 1. The van der Waals surface area contributed by atoms with Crippen LogP contribution in [0.1, 0.15) is 76.0 Å². The van der Waals surface area contributed by atoms with Crippen molar-refractivity contribution in [1.82, 2.24) is 24.7 Å². The molecular weight excluding hydrogens is 470 g/mol. The highest BCUT2D eigenvalue weighted by Gasteiger charge is 2.58. The van der Waals surface area contributed by atoms with Crippen LogP contribution in [0.15, 0.2) is 18.3 Å². The van der Waals surface area contributed by atoms with E-state index in [4.69, 9.17) is 4.84 Å². The molecule has 1 aromatic rings. The second-order valence-electron chi connectivity index (χ2n) is 12.2. The van der Waals surface area contributed by atoms with Gasteiger partial charge in [0.05, 0.1) is 6.54 Å². The van der Waals surface area contributed by atoms with E-state index in [2.05, 4.69) is 43.8 Å². The number of amides is 3. The minimum atomic E-state index is -0.795. The van der Waals surface area contributed by atoms with Gasteiger partial charge in [0.15, 0.2) is 12.3 Å². The van der Waals surface area contributed by atoms with Crippen molar-refractivity contribution >= 4 is 17.7 Å². The van der Waals surface area contributed by atoms with Crippen LogP contribution in [0.25, 0.3) is 0 Å². The predicted molar refractivity (Wildman–Crippen MR) is 136 cm³/mol. The van der Waals surface area contributed by atoms with Crippen LogP contribution in [0.3, 0.4) is 0 Å². The van der Waals surface area contributed by atoms with E-state index in [0.29, 0.717) is 19.4 Å². The number of carbonyl (C=O) groups is 3. The maximum absolute atomic E-state index is 14.0. The summed E-state index contributed by atoms with van der Waals surface area (Å²) in [7, 11) is 2.11. The number of likely N-dealkylation sites (tertiary alicyclic amines) is 1. The summed E-state index contributed by atoms with van der Waals surface area (Å²) in [5.74, 6) is -0.0587. The van der Waals surface area contributed by atoms with E-state index in [0.717, 1.165) is 43.6 Å². The number of hydroxylamine groups is 2. The first-order valence-corrected chi connectivity index (χ1v) is 14.0. The van der Waals surface area contributed by atoms with Crippen molar-refractivity contribution in [1.29, 1.82) is 0 Å². The molecule has 5 heterocycles. The number of carbonyl (C=O) groups excluding carboxylic acids is 3. The largest absolute Gasteiger partial charge is 0.334 e. The third-order valence-electron chi connectivity index (χ3n) is 9.10. The van der Waals surface area contributed by atoms with Gasteiger partial charge in [0.25, 0.3) is 11.8 Å². The second kappa shape index (κ2) is 9.34. The quantitative estimate of drug-likeness (QED) is 0.622. The molecule has 9 heteroatoms. The summed E-state index contributed by atoms with van der Waals surface area (Å²) < 4.78 is 0. The Bertz CT molecular complexity index is 1090. The van der Waals surface area contributed by atoms with E-state index in [1.165, 1.54) is 5.06 Å². The molecule has 0 N–H and O–H groups in total. The first-order chi connectivity index (χ1) is 17.7. The van der Waals surface area contributed by atoms with Gasteiger partial charge in [0, 0.05) is 29.8 Å². The molecule has 9 nitrogen and oxygen atoms in total. The molecule has 6 atom stereocenters. The molecule has 1 saturated carbocycles. The Kier molecular flexibility index (Phi) is 6.26. The number of hydrogen-bond acceptors (Lipinski definition) is 6. The Morgan fingerprint density at radius 3 is 2.54 bits per heavy atom. The predicted octanol–water partition coefficient (Wildman–Crippen LogP) is 2.34. The summed E-state index contributed by atoms with van der Waals surface area (Å²) >= 11 is 0. The number of nitrogens with zero attached hydrogens (tertiary/aromatic N) is 5. The van der Waals surface area contributed by atoms with Gasteiger partial charge in [-0.3, -0.25) is 24.2 Å². The molecule has 1 aromatic heterocycles. The summed E-state index contributed by atoms with van der Waals surface area (Å²) in [6.45, 7) is 8.46. The average molecular weight is 510 g/mol. The highest BCUT2D eigenvalue weighted by molar-refractivity contribution is 5.93. The maximum Gasteiger partial charge on any atom is 0.256 e. The third kappa shape index (κ3) is 4.24. The fourth-order valence-corrected chi connectivity index (χ4v) is 6.96. The number of rotatable bonds is 3. The van der Waals surface area contributed by atoms with Crippen LogP contribution in [0.5, 0.6) is 0 Å². The minimum absolute atomic E-state index is 0.0277. The molecule has 3 amide bonds. The Hall–Kier alpha value is -2.52. The molecule has 4 fully saturated rings. The SMILES string of the molecule is CC(C)C[C@H]1C(=O)N(C2CCN(C)CC2)CC2N3O[C@H](CC(C)c4cccnc4[C@@H]4C[C@H]4C3=O)C(=O)N21. The van der Waals surface area contributed by atoms with Gasteiger partial charge in [0.2, 0.25) is 5.91 Å². The Balaban J connectivity index is 1.38. The summed E-state index contributed by atoms with van der Waals surface area (Å²) in [4.78, 5) is 58.9. The van der Waals surface area contributed by atoms with Crippen LogP contribution < -0.4 is 0 Å². The molecule has 0 aromatic carbocycles. The first kappa shape index (κ1) is 24.8. The lowest BCUT2D eigenvalue weighted by molar-refractivity contribution is -0.278. The van der Waals surface area contributed by atoms with E-state index in [-0.39, 0.29) is 47.4 Å². The van der Waals surface area contributed by atoms with Gasteiger partial charge in [-0.05, 0) is 75.7 Å². The normalized spacial score (nSPS) is 34.8. The summed E-state index contributed by atoms with van der Waals surface area (Å²) in [5.41, 5.74) is 2.08. The molecule has 2 bridgehead atoms. The molecule has 1 aliphatic carbocycles. The highest BCUT2D eigenvalue weighted by Crippen LogP contribution is 2.51. The topological polar surface area (TPSA) is 86.3 Å². The number of fused-ring (bicyclic) bond motifs is 7. The van der Waals surface area contributed by atoms with Crippen LogP contribution in [-0.4, -0.2) is 93.5 Å². The molecular formula is C28H39N5O4. The number of piperidine rings is 1. The van der Waals surface area contributed by atoms with Crippen molar-refractivity contribution in [3.63, 3.8) is 0 Å². The Labute approximate surface area is 219 Å². The van der Waals surface area contributed by atoms with E-state index in [1.54, 1.807) is 11.1 Å². The molecule has 0 spiro atoms. The molecule has 6 rings (SSSR count). The lowest BCUT2D eigenvalue weighted by Gasteiger charge is -2.55. The Morgan fingerprint density at radius 2 is 1.81 bits per heavy atom. The third-order valence-corrected chi connectivity index (χ3v) is 9.10. The van der Waals surface area contributed by atoms with Crippen molar-refractivity contribution in [3.8, 4) is 0 Å². The molecule has 2 unspecified atom stereocenters. The van der Waals surface area contributed by atoms with Crippen LogP contribution in [-0.2, 0) is 19.2 Å². The van der Waals surface area contributed by atoms with E-state index in [9.17, 15) is 14.4 Å². The van der Waals surface area contributed by atoms with E-state index in [1.807, 2.05) is 11.0 Å². The van der Waals surface area contributed by atoms with Gasteiger partial charge in [0.1, 0.15) is 6.04 Å². The lowest BCUT2D eigenvalue weighted by Crippen LogP contribution is -2.75. The van der Waals surface area contributed by atoms with E-state index < -0.39 is 18.3 Å². The summed E-state index contributed by atoms with van der Waals surface area (Å²) in [5, 5.41) is 1.50. The molecule has 200 valence electrons. The van der Waals surface area contributed by atoms with Crippen molar-refractivity contribution in [3.05, 3.63) is 29.6 Å². The zero-order valence-corrected chi connectivity index (χ0v) is 22.4. The molecule has 0 radical (unpaired) electrons. The zero-order chi connectivity index (χ0) is 26.0. The van der Waals surface area contributed by atoms with Crippen molar-refractivity contribution in [2.24, 2.45) is 11.8 Å². The summed E-state index contributed by atoms with van der Waals surface area (Å²) in [6, 6.07) is 3.53. The van der Waals surface area contributed by atoms with E-state index >= 15 is 0 Å². The second-order valence-corrected chi connectivity index (χ2v) is 12.2. The highest BCUT2D eigenvalue weighted by atomic mass is 16.7. The fourth-order valence-electron chi connectivity index (χ4n) is 6.96. The van der Waals surface area contributed by atoms with Crippen LogP contribution in [0.4, 0.5) is 0 Å². The van der Waals surface area contributed by atoms with Gasteiger partial charge >= 0.3 is 0 Å². The molecule has 4 aliphatic heterocycles. The fraction of sp³-hybridized carbons (Fsp3) is 0.714. The number of hydrogen-bond donors (Lipinski definition) is 0. The van der Waals surface area contributed by atoms with Gasteiger partial charge < -0.3 is 14.7 Å². The van der Waals surface area contributed by atoms with Crippen LogP contribution in [0, 0.1) is 11.8 Å². The maximum atomic E-state index is 14.0. The Morgan fingerprint density at radius 1 is 1.05 bits per heavy atom. The van der Waals surface area contributed by atoms with Gasteiger partial charge in [-0.2, -0.15) is 5.06 Å². The summed E-state index contributed by atoms with van der Waals surface area (Å²) in [6.07, 6.45) is 3.99.